The van der Waals surface area contributed by atoms with E-state index in [9.17, 15) is 0 Å². The monoisotopic (exact) mass is 448 g/mol. The number of methoxy groups -OCH3 is 1. The third-order valence-corrected chi connectivity index (χ3v) is 6.25. The molecule has 0 bridgehead atoms. The Morgan fingerprint density at radius 3 is 2.74 bits per heavy atom. The standard InChI is InChI=1S/C24H18Cl2N4O/c1-27-23-19(25)8-9-21-24(23)29-22(28-21)13-30-11-14-4-3-5-16(18(14)12-30)17-7-6-15(31-2)10-20(17)26/h3-10H,11-13H2,2H3,(H,28,29). The van der Waals surface area contributed by atoms with E-state index in [0.29, 0.717) is 27.8 Å². The van der Waals surface area contributed by atoms with Crippen LogP contribution in [0.15, 0.2) is 48.5 Å². The Hall–Kier alpha value is -3.04. The van der Waals surface area contributed by atoms with Crippen LogP contribution in [0.5, 0.6) is 5.75 Å². The second-order valence-corrected chi connectivity index (χ2v) is 8.34. The molecule has 1 aromatic heterocycles. The highest BCUT2D eigenvalue weighted by Gasteiger charge is 2.24. The summed E-state index contributed by atoms with van der Waals surface area (Å²) in [5, 5.41) is 1.10. The number of halogens is 2. The summed E-state index contributed by atoms with van der Waals surface area (Å²) in [6.07, 6.45) is 0. The van der Waals surface area contributed by atoms with E-state index in [-0.39, 0.29) is 0 Å². The molecule has 0 spiro atoms. The van der Waals surface area contributed by atoms with Crippen LogP contribution in [0.2, 0.25) is 10.0 Å². The van der Waals surface area contributed by atoms with E-state index < -0.39 is 0 Å². The third kappa shape index (κ3) is 3.53. The van der Waals surface area contributed by atoms with Crippen molar-refractivity contribution in [2.24, 2.45) is 0 Å². The van der Waals surface area contributed by atoms with Crippen LogP contribution in [0.1, 0.15) is 17.0 Å². The van der Waals surface area contributed by atoms with Gasteiger partial charge in [0.1, 0.15) is 11.6 Å². The van der Waals surface area contributed by atoms with Gasteiger partial charge < -0.3 is 9.72 Å². The summed E-state index contributed by atoms with van der Waals surface area (Å²) in [6, 6.07) is 15.7. The van der Waals surface area contributed by atoms with Crippen molar-refractivity contribution in [1.82, 2.24) is 14.9 Å². The minimum atomic E-state index is 0.391. The van der Waals surface area contributed by atoms with Crippen molar-refractivity contribution in [3.8, 4) is 16.9 Å². The van der Waals surface area contributed by atoms with Gasteiger partial charge in [-0.15, -0.1) is 0 Å². The molecule has 0 atom stereocenters. The first-order chi connectivity index (χ1) is 15.1. The molecule has 7 heteroatoms. The average molecular weight is 449 g/mol. The number of aromatic amines is 1. The Morgan fingerprint density at radius 1 is 1.10 bits per heavy atom. The van der Waals surface area contributed by atoms with Crippen molar-refractivity contribution in [2.75, 3.05) is 7.11 Å². The fourth-order valence-electron chi connectivity index (χ4n) is 4.18. The number of nitrogens with one attached hydrogen (secondary N) is 1. The summed E-state index contributed by atoms with van der Waals surface area (Å²) in [5.74, 6) is 1.56. The number of rotatable bonds is 4. The lowest BCUT2D eigenvalue weighted by Crippen LogP contribution is -2.16. The van der Waals surface area contributed by atoms with Gasteiger partial charge in [0.2, 0.25) is 5.69 Å². The van der Waals surface area contributed by atoms with Gasteiger partial charge in [-0.1, -0.05) is 47.5 Å². The molecule has 0 fully saturated rings. The summed E-state index contributed by atoms with van der Waals surface area (Å²) < 4.78 is 5.28. The quantitative estimate of drug-likeness (QED) is 0.357. The lowest BCUT2D eigenvalue weighted by molar-refractivity contribution is 0.269. The molecule has 5 rings (SSSR count). The highest BCUT2D eigenvalue weighted by atomic mass is 35.5. The Balaban J connectivity index is 1.44. The number of imidazole rings is 1. The minimum absolute atomic E-state index is 0.391. The topological polar surface area (TPSA) is 45.5 Å². The first-order valence-corrected chi connectivity index (χ1v) is 10.5. The van der Waals surface area contributed by atoms with Crippen molar-refractivity contribution in [2.45, 2.75) is 19.6 Å². The fraction of sp³-hybridized carbons (Fsp3) is 0.167. The van der Waals surface area contributed by atoms with E-state index in [4.69, 9.17) is 34.5 Å². The van der Waals surface area contributed by atoms with E-state index in [0.717, 1.165) is 41.3 Å². The van der Waals surface area contributed by atoms with Crippen LogP contribution in [0.4, 0.5) is 5.69 Å². The number of aromatic nitrogens is 2. The van der Waals surface area contributed by atoms with Crippen LogP contribution in [0.3, 0.4) is 0 Å². The number of benzene rings is 3. The SMILES string of the molecule is [C-]#[N+]c1c(Cl)ccc2[nH]c(CN3Cc4cccc(-c5ccc(OC)cc5Cl)c4C3)nc12. The summed E-state index contributed by atoms with van der Waals surface area (Å²) in [6.45, 7) is 9.66. The van der Waals surface area contributed by atoms with E-state index in [2.05, 4.69) is 37.9 Å². The maximum atomic E-state index is 7.39. The van der Waals surface area contributed by atoms with Crippen molar-refractivity contribution in [3.05, 3.63) is 86.9 Å². The molecular weight excluding hydrogens is 431 g/mol. The van der Waals surface area contributed by atoms with E-state index in [1.165, 1.54) is 11.1 Å². The van der Waals surface area contributed by atoms with E-state index in [1.807, 2.05) is 24.3 Å². The van der Waals surface area contributed by atoms with Gasteiger partial charge in [0.15, 0.2) is 0 Å². The molecule has 31 heavy (non-hydrogen) atoms. The molecular formula is C24H18Cl2N4O. The molecule has 0 unspecified atom stereocenters. The molecule has 2 heterocycles. The Labute approximate surface area is 190 Å². The predicted molar refractivity (Wildman–Crippen MR) is 124 cm³/mol. The summed E-state index contributed by atoms with van der Waals surface area (Å²) in [5.41, 5.74) is 6.54. The molecule has 1 aliphatic rings. The largest absolute Gasteiger partial charge is 0.497 e. The van der Waals surface area contributed by atoms with Crippen LogP contribution in [0, 0.1) is 6.57 Å². The second kappa shape index (κ2) is 7.90. The molecule has 1 aliphatic heterocycles. The molecule has 0 radical (unpaired) electrons. The molecule has 1 N–H and O–H groups in total. The van der Waals surface area contributed by atoms with Gasteiger partial charge >= 0.3 is 0 Å². The maximum absolute atomic E-state index is 7.39. The maximum Gasteiger partial charge on any atom is 0.232 e. The zero-order valence-corrected chi connectivity index (χ0v) is 18.3. The van der Waals surface area contributed by atoms with Gasteiger partial charge in [0.25, 0.3) is 0 Å². The minimum Gasteiger partial charge on any atom is -0.497 e. The van der Waals surface area contributed by atoms with Gasteiger partial charge in [-0.2, -0.15) is 0 Å². The number of ether oxygens (including phenoxy) is 1. The highest BCUT2D eigenvalue weighted by Crippen LogP contribution is 2.38. The average Bonchev–Trinajstić information content (AvgIpc) is 3.36. The van der Waals surface area contributed by atoms with Gasteiger partial charge in [-0.25, -0.2) is 9.83 Å². The lowest BCUT2D eigenvalue weighted by atomic mass is 9.97. The van der Waals surface area contributed by atoms with Crippen LogP contribution in [-0.2, 0) is 19.6 Å². The molecule has 0 amide bonds. The first kappa shape index (κ1) is 19.9. The first-order valence-electron chi connectivity index (χ1n) is 9.79. The smallest absolute Gasteiger partial charge is 0.232 e. The number of nitrogens with zero attached hydrogens (tertiary/aromatic N) is 3. The molecule has 0 saturated carbocycles. The van der Waals surface area contributed by atoms with Crippen LogP contribution in [0.25, 0.3) is 27.0 Å². The number of hydrogen-bond acceptors (Lipinski definition) is 3. The molecule has 154 valence electrons. The highest BCUT2D eigenvalue weighted by molar-refractivity contribution is 6.34. The number of hydrogen-bond donors (Lipinski definition) is 1. The summed E-state index contributed by atoms with van der Waals surface area (Å²) >= 11 is 12.7. The van der Waals surface area contributed by atoms with Crippen LogP contribution in [-0.4, -0.2) is 22.0 Å². The lowest BCUT2D eigenvalue weighted by Gasteiger charge is -2.13. The van der Waals surface area contributed by atoms with E-state index in [1.54, 1.807) is 13.2 Å². The zero-order valence-electron chi connectivity index (χ0n) is 16.7. The summed E-state index contributed by atoms with van der Waals surface area (Å²) in [4.78, 5) is 13.8. The van der Waals surface area contributed by atoms with Crippen LogP contribution >= 0.6 is 23.2 Å². The normalized spacial score (nSPS) is 13.4. The summed E-state index contributed by atoms with van der Waals surface area (Å²) in [7, 11) is 1.64. The van der Waals surface area contributed by atoms with Crippen molar-refractivity contribution >= 4 is 39.9 Å². The van der Waals surface area contributed by atoms with Gasteiger partial charge in [0, 0.05) is 23.7 Å². The van der Waals surface area contributed by atoms with Gasteiger partial charge in [-0.05, 0) is 41.0 Å². The van der Waals surface area contributed by atoms with Crippen molar-refractivity contribution in [3.63, 3.8) is 0 Å². The van der Waals surface area contributed by atoms with E-state index >= 15 is 0 Å². The fourth-order valence-corrected chi connectivity index (χ4v) is 4.64. The molecule has 0 saturated heterocycles. The second-order valence-electron chi connectivity index (χ2n) is 7.52. The van der Waals surface area contributed by atoms with Crippen molar-refractivity contribution in [1.29, 1.82) is 0 Å². The molecule has 4 aromatic rings. The zero-order chi connectivity index (χ0) is 21.5. The third-order valence-electron chi connectivity index (χ3n) is 5.63. The number of H-pyrrole nitrogens is 1. The molecule has 3 aromatic carbocycles. The predicted octanol–water partition coefficient (Wildman–Crippen LogP) is 6.61. The van der Waals surface area contributed by atoms with Crippen LogP contribution < -0.4 is 4.74 Å². The van der Waals surface area contributed by atoms with Gasteiger partial charge in [-0.3, -0.25) is 4.90 Å². The Kier molecular flexibility index (Phi) is 5.07. The molecule has 5 nitrogen and oxygen atoms in total. The Morgan fingerprint density at radius 2 is 1.97 bits per heavy atom. The number of fused-ring (bicyclic) bond motifs is 2. The van der Waals surface area contributed by atoms with Crippen molar-refractivity contribution < 1.29 is 4.74 Å². The molecule has 0 aliphatic carbocycles. The Bertz CT molecular complexity index is 1360. The van der Waals surface area contributed by atoms with Gasteiger partial charge in [0.05, 0.1) is 36.3 Å².